The average molecular weight is 369 g/mol. The van der Waals surface area contributed by atoms with Crippen LogP contribution in [0.4, 0.5) is 0 Å². The molecule has 1 saturated carbocycles. The molecular formula is C19H17ClN4O2. The minimum Gasteiger partial charge on any atom is -0.347 e. The van der Waals surface area contributed by atoms with Gasteiger partial charge in [-0.3, -0.25) is 9.59 Å². The third-order valence-electron chi connectivity index (χ3n) is 4.56. The van der Waals surface area contributed by atoms with Crippen molar-refractivity contribution in [1.82, 2.24) is 20.3 Å². The van der Waals surface area contributed by atoms with Gasteiger partial charge in [-0.15, -0.1) is 5.10 Å². The molecule has 1 atom stereocenters. The van der Waals surface area contributed by atoms with Crippen LogP contribution < -0.4 is 10.9 Å². The van der Waals surface area contributed by atoms with Crippen molar-refractivity contribution in [3.63, 3.8) is 0 Å². The van der Waals surface area contributed by atoms with Gasteiger partial charge in [0.2, 0.25) is 5.91 Å². The van der Waals surface area contributed by atoms with Crippen LogP contribution >= 0.6 is 11.6 Å². The van der Waals surface area contributed by atoms with Crippen molar-refractivity contribution in [1.29, 1.82) is 0 Å². The van der Waals surface area contributed by atoms with Crippen molar-refractivity contribution in [2.24, 2.45) is 5.92 Å². The van der Waals surface area contributed by atoms with E-state index in [1.165, 1.54) is 0 Å². The van der Waals surface area contributed by atoms with Crippen LogP contribution in [0.15, 0.2) is 53.3 Å². The lowest BCUT2D eigenvalue weighted by molar-refractivity contribution is -0.122. The van der Waals surface area contributed by atoms with Crippen LogP contribution in [0, 0.1) is 5.92 Å². The van der Waals surface area contributed by atoms with Gasteiger partial charge in [-0.05, 0) is 48.6 Å². The lowest BCUT2D eigenvalue weighted by Crippen LogP contribution is -2.36. The Morgan fingerprint density at radius 3 is 2.65 bits per heavy atom. The zero-order valence-corrected chi connectivity index (χ0v) is 14.7. The molecule has 4 rings (SSSR count). The number of rotatable bonds is 5. The Hall–Kier alpha value is -2.73. The van der Waals surface area contributed by atoms with Crippen LogP contribution in [0.3, 0.4) is 0 Å². The highest BCUT2D eigenvalue weighted by atomic mass is 35.5. The van der Waals surface area contributed by atoms with Gasteiger partial charge < -0.3 is 5.32 Å². The first-order valence-electron chi connectivity index (χ1n) is 8.49. The van der Waals surface area contributed by atoms with E-state index >= 15 is 0 Å². The summed E-state index contributed by atoms with van der Waals surface area (Å²) >= 11 is 5.95. The van der Waals surface area contributed by atoms with E-state index in [4.69, 9.17) is 11.6 Å². The highest BCUT2D eigenvalue weighted by Gasteiger charge is 2.33. The third kappa shape index (κ3) is 3.46. The van der Waals surface area contributed by atoms with Crippen LogP contribution in [-0.2, 0) is 11.3 Å². The maximum atomic E-state index is 12.5. The largest absolute Gasteiger partial charge is 0.347 e. The molecule has 2 aromatic carbocycles. The molecule has 1 amide bonds. The van der Waals surface area contributed by atoms with Crippen molar-refractivity contribution in [2.45, 2.75) is 25.4 Å². The summed E-state index contributed by atoms with van der Waals surface area (Å²) in [4.78, 5) is 25.0. The van der Waals surface area contributed by atoms with E-state index in [1.807, 2.05) is 24.3 Å². The van der Waals surface area contributed by atoms with E-state index in [2.05, 4.69) is 15.6 Å². The molecule has 0 spiro atoms. The Labute approximate surface area is 154 Å². The molecule has 1 N–H and O–H groups in total. The quantitative estimate of drug-likeness (QED) is 0.751. The summed E-state index contributed by atoms with van der Waals surface area (Å²) in [5.74, 6) is 0.156. The summed E-state index contributed by atoms with van der Waals surface area (Å²) in [7, 11) is 0. The van der Waals surface area contributed by atoms with Gasteiger partial charge in [-0.25, -0.2) is 4.68 Å². The molecular weight excluding hydrogens is 352 g/mol. The maximum Gasteiger partial charge on any atom is 0.278 e. The SMILES string of the molecule is O=C(Cn1nnc2ccccc2c1=O)NC(c1ccc(Cl)cc1)C1CC1. The predicted octanol–water partition coefficient (Wildman–Crippen LogP) is 2.71. The highest BCUT2D eigenvalue weighted by Crippen LogP contribution is 2.41. The second kappa shape index (κ2) is 6.88. The zero-order valence-electron chi connectivity index (χ0n) is 13.9. The van der Waals surface area contributed by atoms with Gasteiger partial charge in [0.1, 0.15) is 12.1 Å². The minimum atomic E-state index is -0.319. The Morgan fingerprint density at radius 1 is 1.19 bits per heavy atom. The first-order chi connectivity index (χ1) is 12.6. The fourth-order valence-corrected chi connectivity index (χ4v) is 3.18. The molecule has 6 nitrogen and oxygen atoms in total. The molecule has 3 aromatic rings. The molecule has 1 fully saturated rings. The van der Waals surface area contributed by atoms with E-state index in [0.29, 0.717) is 21.8 Å². The molecule has 1 unspecified atom stereocenters. The third-order valence-corrected chi connectivity index (χ3v) is 4.81. The molecule has 0 aliphatic heterocycles. The summed E-state index contributed by atoms with van der Waals surface area (Å²) in [5, 5.41) is 12.0. The van der Waals surface area contributed by atoms with Gasteiger partial charge in [0.15, 0.2) is 0 Å². The van der Waals surface area contributed by atoms with E-state index in [0.717, 1.165) is 23.1 Å². The van der Waals surface area contributed by atoms with Crippen molar-refractivity contribution in [3.8, 4) is 0 Å². The second-order valence-electron chi connectivity index (χ2n) is 6.50. The van der Waals surface area contributed by atoms with Gasteiger partial charge in [-0.2, -0.15) is 0 Å². The molecule has 1 aromatic heterocycles. The molecule has 0 radical (unpaired) electrons. The normalized spacial score (nSPS) is 15.0. The monoisotopic (exact) mass is 368 g/mol. The molecule has 1 heterocycles. The van der Waals surface area contributed by atoms with Gasteiger partial charge in [0.25, 0.3) is 5.56 Å². The number of benzene rings is 2. The highest BCUT2D eigenvalue weighted by molar-refractivity contribution is 6.30. The van der Waals surface area contributed by atoms with Gasteiger partial charge in [-0.1, -0.05) is 41.1 Å². The number of halogens is 1. The van der Waals surface area contributed by atoms with Crippen molar-refractivity contribution in [3.05, 3.63) is 69.5 Å². The predicted molar refractivity (Wildman–Crippen MR) is 98.9 cm³/mol. The van der Waals surface area contributed by atoms with Crippen molar-refractivity contribution in [2.75, 3.05) is 0 Å². The summed E-state index contributed by atoms with van der Waals surface area (Å²) in [6.45, 7) is -0.159. The Balaban J connectivity index is 1.53. The molecule has 1 aliphatic carbocycles. The fourth-order valence-electron chi connectivity index (χ4n) is 3.06. The molecule has 132 valence electrons. The summed E-state index contributed by atoms with van der Waals surface area (Å²) in [5.41, 5.74) is 1.22. The standard InChI is InChI=1S/C19H17ClN4O2/c20-14-9-7-13(8-10-14)18(12-5-6-12)21-17(25)11-24-19(26)15-3-1-2-4-16(15)22-23-24/h1-4,7-10,12,18H,5-6,11H2,(H,21,25). The van der Waals surface area contributed by atoms with Crippen LogP contribution in [0.5, 0.6) is 0 Å². The van der Waals surface area contributed by atoms with Gasteiger partial charge in [0, 0.05) is 5.02 Å². The van der Waals surface area contributed by atoms with Crippen LogP contribution in [0.1, 0.15) is 24.4 Å². The smallest absolute Gasteiger partial charge is 0.278 e. The summed E-state index contributed by atoms with van der Waals surface area (Å²) in [6.07, 6.45) is 2.15. The van der Waals surface area contributed by atoms with Crippen molar-refractivity contribution < 1.29 is 4.79 Å². The van der Waals surface area contributed by atoms with E-state index in [9.17, 15) is 9.59 Å². The number of amides is 1. The van der Waals surface area contributed by atoms with Gasteiger partial charge >= 0.3 is 0 Å². The van der Waals surface area contributed by atoms with Crippen LogP contribution in [-0.4, -0.2) is 20.9 Å². The number of carbonyl (C=O) groups is 1. The topological polar surface area (TPSA) is 76.9 Å². The molecule has 26 heavy (non-hydrogen) atoms. The zero-order chi connectivity index (χ0) is 18.1. The lowest BCUT2D eigenvalue weighted by Gasteiger charge is -2.19. The van der Waals surface area contributed by atoms with Gasteiger partial charge in [0.05, 0.1) is 11.4 Å². The summed E-state index contributed by atoms with van der Waals surface area (Å²) in [6, 6.07) is 14.4. The molecule has 0 saturated heterocycles. The number of fused-ring (bicyclic) bond motifs is 1. The minimum absolute atomic E-state index is 0.0797. The lowest BCUT2D eigenvalue weighted by atomic mass is 10.0. The Morgan fingerprint density at radius 2 is 1.92 bits per heavy atom. The number of nitrogens with zero attached hydrogens (tertiary/aromatic N) is 3. The Kier molecular flexibility index (Phi) is 4.42. The average Bonchev–Trinajstić information content (AvgIpc) is 3.48. The van der Waals surface area contributed by atoms with E-state index in [1.54, 1.807) is 24.3 Å². The van der Waals surface area contributed by atoms with Crippen molar-refractivity contribution >= 4 is 28.4 Å². The first kappa shape index (κ1) is 16.7. The maximum absolute atomic E-state index is 12.5. The van der Waals surface area contributed by atoms with Crippen LogP contribution in [0.2, 0.25) is 5.02 Å². The number of hydrogen-bond donors (Lipinski definition) is 1. The molecule has 7 heteroatoms. The first-order valence-corrected chi connectivity index (χ1v) is 8.87. The Bertz CT molecular complexity index is 1010. The number of carbonyl (C=O) groups excluding carboxylic acids is 1. The number of hydrogen-bond acceptors (Lipinski definition) is 4. The van der Waals surface area contributed by atoms with Crippen LogP contribution in [0.25, 0.3) is 10.9 Å². The number of nitrogens with one attached hydrogen (secondary N) is 1. The number of aromatic nitrogens is 3. The summed E-state index contributed by atoms with van der Waals surface area (Å²) < 4.78 is 1.10. The molecule has 1 aliphatic rings. The van der Waals surface area contributed by atoms with E-state index < -0.39 is 0 Å². The van der Waals surface area contributed by atoms with E-state index in [-0.39, 0.29) is 24.1 Å². The molecule has 0 bridgehead atoms. The second-order valence-corrected chi connectivity index (χ2v) is 6.94. The fraction of sp³-hybridized carbons (Fsp3) is 0.263.